The molecule has 148 valence electrons. The molecule has 6 nitrogen and oxygen atoms in total. The Balaban J connectivity index is 0.00000261. The lowest BCUT2D eigenvalue weighted by atomic mass is 10.1. The summed E-state index contributed by atoms with van der Waals surface area (Å²) in [5, 5.41) is 1.90. The van der Waals surface area contributed by atoms with Gasteiger partial charge in [-0.15, -0.1) is 23.7 Å². The third-order valence-corrected chi connectivity index (χ3v) is 6.98. The van der Waals surface area contributed by atoms with E-state index in [1.807, 2.05) is 29.3 Å². The van der Waals surface area contributed by atoms with E-state index in [9.17, 15) is 13.2 Å². The molecule has 3 N–H and O–H groups in total. The van der Waals surface area contributed by atoms with Gasteiger partial charge in [-0.25, -0.2) is 13.1 Å². The Hall–Kier alpha value is -1.45. The molecular weight excluding hydrogens is 406 g/mol. The molecule has 0 saturated carbocycles. The fourth-order valence-corrected chi connectivity index (χ4v) is 4.94. The zero-order chi connectivity index (χ0) is 18.7. The highest BCUT2D eigenvalue weighted by molar-refractivity contribution is 7.89. The van der Waals surface area contributed by atoms with Gasteiger partial charge in [0.2, 0.25) is 10.0 Å². The molecule has 9 heteroatoms. The molecule has 2 aromatic rings. The van der Waals surface area contributed by atoms with Gasteiger partial charge in [-0.3, -0.25) is 4.79 Å². The van der Waals surface area contributed by atoms with Crippen LogP contribution in [0.25, 0.3) is 0 Å². The summed E-state index contributed by atoms with van der Waals surface area (Å²) >= 11 is 1.50. The lowest BCUT2D eigenvalue weighted by Crippen LogP contribution is -2.34. The van der Waals surface area contributed by atoms with Gasteiger partial charge in [-0.2, -0.15) is 0 Å². The Kier molecular flexibility index (Phi) is 7.41. The second-order valence-corrected chi connectivity index (χ2v) is 9.37. The molecule has 3 rings (SSSR count). The molecule has 0 radical (unpaired) electrons. The summed E-state index contributed by atoms with van der Waals surface area (Å²) < 4.78 is 27.3. The van der Waals surface area contributed by atoms with Crippen molar-refractivity contribution in [3.63, 3.8) is 0 Å². The molecule has 1 aromatic heterocycles. The predicted molar refractivity (Wildman–Crippen MR) is 110 cm³/mol. The minimum Gasteiger partial charge on any atom is -0.336 e. The van der Waals surface area contributed by atoms with E-state index >= 15 is 0 Å². The van der Waals surface area contributed by atoms with Gasteiger partial charge in [0.15, 0.2) is 0 Å². The van der Waals surface area contributed by atoms with E-state index in [1.54, 1.807) is 12.1 Å². The summed E-state index contributed by atoms with van der Waals surface area (Å²) in [5.41, 5.74) is 6.21. The normalized spacial score (nSPS) is 19.7. The number of sulfonamides is 1. The molecule has 0 spiro atoms. The molecule has 0 bridgehead atoms. The monoisotopic (exact) mass is 429 g/mol. The Bertz CT molecular complexity index is 854. The molecule has 1 aliphatic rings. The van der Waals surface area contributed by atoms with Crippen molar-refractivity contribution in [2.45, 2.75) is 30.8 Å². The van der Waals surface area contributed by atoms with E-state index < -0.39 is 10.0 Å². The van der Waals surface area contributed by atoms with Gasteiger partial charge < -0.3 is 10.6 Å². The third kappa shape index (κ3) is 5.08. The predicted octanol–water partition coefficient (Wildman–Crippen LogP) is 2.46. The van der Waals surface area contributed by atoms with Crippen LogP contribution in [0.1, 0.15) is 28.6 Å². The average Bonchev–Trinajstić information content (AvgIpc) is 3.29. The van der Waals surface area contributed by atoms with E-state index in [2.05, 4.69) is 4.72 Å². The lowest BCUT2D eigenvalue weighted by Gasteiger charge is -2.21. The third-order valence-electron chi connectivity index (χ3n) is 4.68. The Morgan fingerprint density at radius 3 is 2.56 bits per heavy atom. The van der Waals surface area contributed by atoms with Crippen LogP contribution < -0.4 is 10.5 Å². The van der Waals surface area contributed by atoms with Crippen LogP contribution in [0.15, 0.2) is 46.7 Å². The maximum Gasteiger partial charge on any atom is 0.254 e. The average molecular weight is 430 g/mol. The first-order valence-electron chi connectivity index (χ1n) is 8.54. The molecule has 0 aliphatic carbocycles. The summed E-state index contributed by atoms with van der Waals surface area (Å²) in [7, 11) is -3.61. The van der Waals surface area contributed by atoms with Crippen molar-refractivity contribution in [1.29, 1.82) is 0 Å². The second-order valence-electron chi connectivity index (χ2n) is 6.57. The quantitative estimate of drug-likeness (QED) is 0.737. The van der Waals surface area contributed by atoms with Crippen molar-refractivity contribution in [3.05, 3.63) is 52.2 Å². The molecule has 1 fully saturated rings. The number of likely N-dealkylation sites (tertiary alicyclic amines) is 1. The topological polar surface area (TPSA) is 92.5 Å². The van der Waals surface area contributed by atoms with Crippen LogP contribution in [-0.2, 0) is 16.6 Å². The van der Waals surface area contributed by atoms with Gasteiger partial charge in [-0.05, 0) is 61.5 Å². The summed E-state index contributed by atoms with van der Waals surface area (Å²) in [6.45, 7) is 3.49. The molecule has 2 unspecified atom stereocenters. The van der Waals surface area contributed by atoms with Crippen LogP contribution in [0.4, 0.5) is 0 Å². The number of amides is 1. The number of halogens is 1. The standard InChI is InChI=1S/C18H23N3O3S2.ClH/c1-13-9-14(10-19)12-21(13)18(22)15-4-6-17(7-5-15)26(23,24)20-11-16-3-2-8-25-16;/h2-8,13-14,20H,9-12,19H2,1H3;1H. The fraction of sp³-hybridized carbons (Fsp3) is 0.389. The van der Waals surface area contributed by atoms with Crippen LogP contribution in [0.3, 0.4) is 0 Å². The van der Waals surface area contributed by atoms with Crippen molar-refractivity contribution < 1.29 is 13.2 Å². The van der Waals surface area contributed by atoms with E-state index in [1.165, 1.54) is 23.5 Å². The van der Waals surface area contributed by atoms with E-state index in [0.29, 0.717) is 24.6 Å². The zero-order valence-electron chi connectivity index (χ0n) is 15.0. The molecule has 2 heterocycles. The highest BCUT2D eigenvalue weighted by Gasteiger charge is 2.32. The first kappa shape index (κ1) is 21.8. The first-order chi connectivity index (χ1) is 12.4. The van der Waals surface area contributed by atoms with Crippen LogP contribution in [0, 0.1) is 5.92 Å². The number of carbonyl (C=O) groups excluding carboxylic acids is 1. The minimum absolute atomic E-state index is 0. The van der Waals surface area contributed by atoms with Gasteiger partial charge >= 0.3 is 0 Å². The molecular formula is C18H24ClN3O3S2. The van der Waals surface area contributed by atoms with Crippen molar-refractivity contribution in [2.75, 3.05) is 13.1 Å². The number of hydrogen-bond acceptors (Lipinski definition) is 5. The van der Waals surface area contributed by atoms with E-state index in [4.69, 9.17) is 5.73 Å². The molecule has 1 aliphatic heterocycles. The smallest absolute Gasteiger partial charge is 0.254 e. The number of benzene rings is 1. The molecule has 27 heavy (non-hydrogen) atoms. The number of nitrogens with one attached hydrogen (secondary N) is 1. The van der Waals surface area contributed by atoms with Crippen molar-refractivity contribution >= 4 is 39.7 Å². The van der Waals surface area contributed by atoms with E-state index in [-0.39, 0.29) is 35.8 Å². The van der Waals surface area contributed by atoms with Gasteiger partial charge in [0.25, 0.3) is 5.91 Å². The van der Waals surface area contributed by atoms with Crippen molar-refractivity contribution in [3.8, 4) is 0 Å². The minimum atomic E-state index is -3.61. The molecule has 1 aromatic carbocycles. The van der Waals surface area contributed by atoms with E-state index in [0.717, 1.165) is 11.3 Å². The van der Waals surface area contributed by atoms with Gasteiger partial charge in [0.05, 0.1) is 4.90 Å². The van der Waals surface area contributed by atoms with Crippen molar-refractivity contribution in [1.82, 2.24) is 9.62 Å². The number of nitrogens with two attached hydrogens (primary N) is 1. The maximum atomic E-state index is 12.7. The zero-order valence-corrected chi connectivity index (χ0v) is 17.4. The first-order valence-corrected chi connectivity index (χ1v) is 10.9. The largest absolute Gasteiger partial charge is 0.336 e. The van der Waals surface area contributed by atoms with Crippen LogP contribution in [-0.4, -0.2) is 38.4 Å². The number of carbonyl (C=O) groups is 1. The number of rotatable bonds is 6. The lowest BCUT2D eigenvalue weighted by molar-refractivity contribution is 0.0743. The Morgan fingerprint density at radius 2 is 2.00 bits per heavy atom. The van der Waals surface area contributed by atoms with Crippen molar-refractivity contribution in [2.24, 2.45) is 11.7 Å². The van der Waals surface area contributed by atoms with Gasteiger partial charge in [0, 0.05) is 29.6 Å². The maximum absolute atomic E-state index is 12.7. The summed E-state index contributed by atoms with van der Waals surface area (Å²) in [5.74, 6) is 0.249. The highest BCUT2D eigenvalue weighted by atomic mass is 35.5. The van der Waals surface area contributed by atoms with Crippen LogP contribution in [0.2, 0.25) is 0 Å². The van der Waals surface area contributed by atoms with Gasteiger partial charge in [0.1, 0.15) is 0 Å². The summed E-state index contributed by atoms with van der Waals surface area (Å²) in [4.78, 5) is 15.6. The summed E-state index contributed by atoms with van der Waals surface area (Å²) in [6, 6.07) is 10.0. The Labute approximate surface area is 170 Å². The molecule has 1 saturated heterocycles. The van der Waals surface area contributed by atoms with Gasteiger partial charge in [-0.1, -0.05) is 6.07 Å². The van der Waals surface area contributed by atoms with Crippen LogP contribution >= 0.6 is 23.7 Å². The number of nitrogens with zero attached hydrogens (tertiary/aromatic N) is 1. The Morgan fingerprint density at radius 1 is 1.30 bits per heavy atom. The highest BCUT2D eigenvalue weighted by Crippen LogP contribution is 2.24. The molecule has 2 atom stereocenters. The fourth-order valence-electron chi connectivity index (χ4n) is 3.20. The SMILES string of the molecule is CC1CC(CN)CN1C(=O)c1ccc(S(=O)(=O)NCc2cccs2)cc1.Cl. The number of hydrogen-bond donors (Lipinski definition) is 2. The van der Waals surface area contributed by atoms with Crippen LogP contribution in [0.5, 0.6) is 0 Å². The second kappa shape index (κ2) is 9.16. The summed E-state index contributed by atoms with van der Waals surface area (Å²) in [6.07, 6.45) is 0.904. The molecule has 1 amide bonds. The number of thiophene rings is 1.